The highest BCUT2D eigenvalue weighted by Gasteiger charge is 2.28. The molecule has 2 aromatic rings. The van der Waals surface area contributed by atoms with Crippen molar-refractivity contribution < 1.29 is 9.90 Å². The lowest BCUT2D eigenvalue weighted by Crippen LogP contribution is -2.12. The number of aliphatic hydroxyl groups is 1. The number of anilines is 1. The van der Waals surface area contributed by atoms with E-state index in [0.29, 0.717) is 6.42 Å². The zero-order valence-corrected chi connectivity index (χ0v) is 10.9. The largest absolute Gasteiger partial charge is 0.506 e. The smallest absolute Gasteiger partial charge is 0.163 e. The van der Waals surface area contributed by atoms with Gasteiger partial charge in [0.15, 0.2) is 5.78 Å². The van der Waals surface area contributed by atoms with Gasteiger partial charge in [-0.1, -0.05) is 18.2 Å². The van der Waals surface area contributed by atoms with Gasteiger partial charge in [0.2, 0.25) is 0 Å². The SMILES string of the molecule is O=C1C=C(O)c2sc3c(c2C1)CNc1ccccc1-3. The number of allylic oxidation sites excluding steroid dienone is 1. The van der Waals surface area contributed by atoms with Crippen LogP contribution in [0.5, 0.6) is 0 Å². The Morgan fingerprint density at radius 2 is 2.00 bits per heavy atom. The molecule has 0 spiro atoms. The Morgan fingerprint density at radius 3 is 2.89 bits per heavy atom. The van der Waals surface area contributed by atoms with E-state index in [9.17, 15) is 9.90 Å². The van der Waals surface area contributed by atoms with Crippen LogP contribution in [-0.4, -0.2) is 10.9 Å². The predicted octanol–water partition coefficient (Wildman–Crippen LogP) is 3.36. The fraction of sp³-hybridized carbons (Fsp3) is 0.133. The quantitative estimate of drug-likeness (QED) is 0.771. The minimum atomic E-state index is -0.0236. The topological polar surface area (TPSA) is 49.3 Å². The van der Waals surface area contributed by atoms with Gasteiger partial charge in [0.05, 0.1) is 4.88 Å². The lowest BCUT2D eigenvalue weighted by molar-refractivity contribution is -0.114. The van der Waals surface area contributed by atoms with Crippen LogP contribution in [0, 0.1) is 0 Å². The second-order valence-electron chi connectivity index (χ2n) is 4.79. The van der Waals surface area contributed by atoms with Gasteiger partial charge >= 0.3 is 0 Å². The normalized spacial score (nSPS) is 16.0. The Morgan fingerprint density at radius 1 is 1.16 bits per heavy atom. The molecule has 94 valence electrons. The first kappa shape index (κ1) is 10.8. The molecule has 19 heavy (non-hydrogen) atoms. The van der Waals surface area contributed by atoms with Gasteiger partial charge in [-0.3, -0.25) is 4.79 Å². The van der Waals surface area contributed by atoms with E-state index in [-0.39, 0.29) is 11.5 Å². The predicted molar refractivity (Wildman–Crippen MR) is 76.4 cm³/mol. The molecule has 1 aromatic heterocycles. The van der Waals surface area contributed by atoms with E-state index < -0.39 is 0 Å². The number of carbonyl (C=O) groups is 1. The van der Waals surface area contributed by atoms with Gasteiger partial charge in [-0.25, -0.2) is 0 Å². The number of aliphatic hydroxyl groups excluding tert-OH is 1. The van der Waals surface area contributed by atoms with Crippen LogP contribution in [0.4, 0.5) is 5.69 Å². The fourth-order valence-corrected chi connectivity index (χ4v) is 4.05. The lowest BCUT2D eigenvalue weighted by Gasteiger charge is -2.19. The van der Waals surface area contributed by atoms with E-state index in [1.165, 1.54) is 11.0 Å². The minimum absolute atomic E-state index is 0.0236. The molecule has 1 aromatic carbocycles. The third kappa shape index (κ3) is 1.47. The average molecular weight is 269 g/mol. The van der Waals surface area contributed by atoms with Gasteiger partial charge in [0.1, 0.15) is 5.76 Å². The first-order chi connectivity index (χ1) is 9.24. The summed E-state index contributed by atoms with van der Waals surface area (Å²) in [6.45, 7) is 0.721. The maximum atomic E-state index is 11.6. The van der Waals surface area contributed by atoms with E-state index >= 15 is 0 Å². The number of carbonyl (C=O) groups excluding carboxylic acids is 1. The summed E-state index contributed by atoms with van der Waals surface area (Å²) in [7, 11) is 0. The Bertz CT molecular complexity index is 743. The molecule has 1 aliphatic heterocycles. The van der Waals surface area contributed by atoms with Crippen molar-refractivity contribution >= 4 is 28.6 Å². The van der Waals surface area contributed by atoms with Crippen LogP contribution < -0.4 is 5.32 Å². The molecule has 0 amide bonds. The van der Waals surface area contributed by atoms with Crippen LogP contribution in [0.2, 0.25) is 0 Å². The number of nitrogens with one attached hydrogen (secondary N) is 1. The first-order valence-corrected chi connectivity index (χ1v) is 6.97. The van der Waals surface area contributed by atoms with Crippen molar-refractivity contribution in [1.82, 2.24) is 0 Å². The van der Waals surface area contributed by atoms with Gasteiger partial charge in [0.25, 0.3) is 0 Å². The second-order valence-corrected chi connectivity index (χ2v) is 5.81. The molecule has 0 unspecified atom stereocenters. The molecule has 0 fully saturated rings. The van der Waals surface area contributed by atoms with E-state index in [0.717, 1.165) is 33.8 Å². The highest BCUT2D eigenvalue weighted by Crippen LogP contribution is 2.46. The van der Waals surface area contributed by atoms with Crippen LogP contribution in [-0.2, 0) is 17.8 Å². The summed E-state index contributed by atoms with van der Waals surface area (Å²) in [6.07, 6.45) is 1.73. The summed E-state index contributed by atoms with van der Waals surface area (Å²) >= 11 is 1.58. The Balaban J connectivity index is 1.99. The van der Waals surface area contributed by atoms with Crippen molar-refractivity contribution in [2.75, 3.05) is 5.32 Å². The zero-order valence-electron chi connectivity index (χ0n) is 10.1. The molecule has 2 aliphatic rings. The number of hydrogen-bond donors (Lipinski definition) is 2. The summed E-state index contributed by atoms with van der Waals surface area (Å²) in [5.41, 5.74) is 4.42. The molecular formula is C15H11NO2S. The van der Waals surface area contributed by atoms with Crippen molar-refractivity contribution in [3.8, 4) is 10.4 Å². The molecule has 1 aliphatic carbocycles. The van der Waals surface area contributed by atoms with Crippen LogP contribution in [0.1, 0.15) is 16.0 Å². The molecule has 0 bridgehead atoms. The minimum Gasteiger partial charge on any atom is -0.506 e. The van der Waals surface area contributed by atoms with E-state index in [2.05, 4.69) is 17.4 Å². The maximum Gasteiger partial charge on any atom is 0.163 e. The molecule has 0 saturated carbocycles. The molecule has 4 rings (SSSR count). The molecule has 2 heterocycles. The van der Waals surface area contributed by atoms with Crippen LogP contribution in [0.3, 0.4) is 0 Å². The van der Waals surface area contributed by atoms with Crippen LogP contribution in [0.15, 0.2) is 30.3 Å². The van der Waals surface area contributed by atoms with Crippen LogP contribution >= 0.6 is 11.3 Å². The van der Waals surface area contributed by atoms with Gasteiger partial charge < -0.3 is 10.4 Å². The summed E-state index contributed by atoms with van der Waals surface area (Å²) in [4.78, 5) is 13.6. The van der Waals surface area contributed by atoms with Crippen molar-refractivity contribution in [1.29, 1.82) is 0 Å². The Kier molecular flexibility index (Phi) is 2.11. The van der Waals surface area contributed by atoms with Crippen LogP contribution in [0.25, 0.3) is 16.2 Å². The highest BCUT2D eigenvalue weighted by atomic mass is 32.1. The zero-order chi connectivity index (χ0) is 13.0. The first-order valence-electron chi connectivity index (χ1n) is 6.15. The Hall–Kier alpha value is -2.07. The van der Waals surface area contributed by atoms with E-state index in [4.69, 9.17) is 0 Å². The summed E-state index contributed by atoms with van der Waals surface area (Å²) in [5.74, 6) is 0.0904. The van der Waals surface area contributed by atoms with Crippen molar-refractivity contribution in [3.63, 3.8) is 0 Å². The highest BCUT2D eigenvalue weighted by molar-refractivity contribution is 7.17. The third-order valence-electron chi connectivity index (χ3n) is 3.63. The fourth-order valence-electron chi connectivity index (χ4n) is 2.76. The number of rotatable bonds is 0. The molecule has 2 N–H and O–H groups in total. The Labute approximate surface area is 114 Å². The molecule has 0 radical (unpaired) electrons. The second kappa shape index (κ2) is 3.71. The van der Waals surface area contributed by atoms with E-state index in [1.807, 2.05) is 12.1 Å². The lowest BCUT2D eigenvalue weighted by atomic mass is 9.94. The van der Waals surface area contributed by atoms with Gasteiger partial charge in [-0.2, -0.15) is 0 Å². The monoisotopic (exact) mass is 269 g/mol. The molecule has 3 nitrogen and oxygen atoms in total. The average Bonchev–Trinajstić information content (AvgIpc) is 2.78. The van der Waals surface area contributed by atoms with E-state index in [1.54, 1.807) is 11.3 Å². The van der Waals surface area contributed by atoms with Crippen molar-refractivity contribution in [2.24, 2.45) is 0 Å². The molecule has 0 atom stereocenters. The number of hydrogen-bond acceptors (Lipinski definition) is 4. The maximum absolute atomic E-state index is 11.6. The number of fused-ring (bicyclic) bond motifs is 5. The van der Waals surface area contributed by atoms with Gasteiger partial charge in [-0.15, -0.1) is 11.3 Å². The van der Waals surface area contributed by atoms with Gasteiger partial charge in [0, 0.05) is 35.2 Å². The van der Waals surface area contributed by atoms with Crippen molar-refractivity contribution in [2.45, 2.75) is 13.0 Å². The standard InChI is InChI=1S/C15H11NO2S/c17-8-5-10-11-7-16-12-4-2-1-3-9(12)14(11)19-15(10)13(18)6-8/h1-4,6,16,18H,5,7H2. The summed E-state index contributed by atoms with van der Waals surface area (Å²) in [5, 5.41) is 13.3. The van der Waals surface area contributed by atoms with Crippen molar-refractivity contribution in [3.05, 3.63) is 46.3 Å². The third-order valence-corrected chi connectivity index (χ3v) is 4.96. The number of benzene rings is 1. The number of thiophene rings is 1. The number of ketones is 1. The molecular weight excluding hydrogens is 258 g/mol. The molecule has 4 heteroatoms. The number of para-hydroxylation sites is 1. The van der Waals surface area contributed by atoms with Gasteiger partial charge in [-0.05, 0) is 17.2 Å². The summed E-state index contributed by atoms with van der Waals surface area (Å²) in [6, 6.07) is 8.14. The summed E-state index contributed by atoms with van der Waals surface area (Å²) < 4.78 is 0. The molecule has 0 saturated heterocycles.